The Kier molecular flexibility index (Phi) is 5.44. The molecule has 1 N–H and O–H groups in total. The molecular formula is C16H16N4O2S. The van der Waals surface area contributed by atoms with Crippen LogP contribution in [0, 0.1) is 17.2 Å². The number of nitriles is 1. The number of rotatable bonds is 6. The number of thiazole rings is 1. The summed E-state index contributed by atoms with van der Waals surface area (Å²) in [6, 6.07) is 9.12. The van der Waals surface area contributed by atoms with E-state index < -0.39 is 5.92 Å². The van der Waals surface area contributed by atoms with Gasteiger partial charge in [0, 0.05) is 37.1 Å². The van der Waals surface area contributed by atoms with E-state index in [2.05, 4.69) is 10.3 Å². The molecule has 118 valence electrons. The highest BCUT2D eigenvalue weighted by molar-refractivity contribution is 7.14. The lowest BCUT2D eigenvalue weighted by molar-refractivity contribution is -0.109. The van der Waals surface area contributed by atoms with E-state index in [4.69, 9.17) is 5.26 Å². The number of carbonyl (C=O) groups is 2. The van der Waals surface area contributed by atoms with E-state index in [1.165, 1.54) is 16.2 Å². The van der Waals surface area contributed by atoms with Crippen LogP contribution < -0.4 is 5.32 Å². The van der Waals surface area contributed by atoms with Crippen LogP contribution in [-0.4, -0.2) is 42.7 Å². The van der Waals surface area contributed by atoms with Crippen LogP contribution in [0.3, 0.4) is 0 Å². The van der Waals surface area contributed by atoms with E-state index in [0.29, 0.717) is 17.0 Å². The maximum Gasteiger partial charge on any atom is 0.253 e. The lowest BCUT2D eigenvalue weighted by Gasteiger charge is -2.10. The van der Waals surface area contributed by atoms with Gasteiger partial charge in [0.15, 0.2) is 5.13 Å². The Morgan fingerprint density at radius 3 is 2.70 bits per heavy atom. The molecule has 1 aromatic heterocycles. The molecule has 6 nitrogen and oxygen atoms in total. The van der Waals surface area contributed by atoms with Crippen molar-refractivity contribution in [3.63, 3.8) is 0 Å². The van der Waals surface area contributed by atoms with Gasteiger partial charge in [0.05, 0.1) is 11.8 Å². The minimum absolute atomic E-state index is 0.0476. The van der Waals surface area contributed by atoms with Crippen LogP contribution in [0.2, 0.25) is 0 Å². The van der Waals surface area contributed by atoms with Gasteiger partial charge in [-0.25, -0.2) is 4.98 Å². The van der Waals surface area contributed by atoms with Crippen molar-refractivity contribution >= 4 is 28.7 Å². The number of anilines is 1. The Balaban J connectivity index is 2.07. The van der Waals surface area contributed by atoms with Gasteiger partial charge < -0.3 is 15.0 Å². The smallest absolute Gasteiger partial charge is 0.253 e. The largest absolute Gasteiger partial charge is 0.360 e. The predicted octanol–water partition coefficient (Wildman–Crippen LogP) is 2.26. The van der Waals surface area contributed by atoms with Gasteiger partial charge in [-0.2, -0.15) is 5.26 Å². The molecule has 2 aromatic rings. The fourth-order valence-electron chi connectivity index (χ4n) is 1.85. The van der Waals surface area contributed by atoms with Crippen LogP contribution in [0.25, 0.3) is 11.3 Å². The topological polar surface area (TPSA) is 86.1 Å². The molecule has 1 heterocycles. The summed E-state index contributed by atoms with van der Waals surface area (Å²) in [5.41, 5.74) is 2.30. The molecule has 0 aliphatic heterocycles. The minimum atomic E-state index is -0.682. The molecule has 1 aromatic carbocycles. The van der Waals surface area contributed by atoms with Gasteiger partial charge in [-0.1, -0.05) is 12.1 Å². The molecule has 0 saturated carbocycles. The van der Waals surface area contributed by atoms with E-state index in [1.807, 2.05) is 23.6 Å². The van der Waals surface area contributed by atoms with E-state index in [0.717, 1.165) is 11.3 Å². The number of amides is 1. The first kappa shape index (κ1) is 16.6. The maximum atomic E-state index is 11.8. The molecule has 0 aliphatic rings. The molecule has 23 heavy (non-hydrogen) atoms. The number of hydrogen-bond donors (Lipinski definition) is 1. The van der Waals surface area contributed by atoms with Crippen LogP contribution in [-0.2, 0) is 4.79 Å². The van der Waals surface area contributed by atoms with Gasteiger partial charge in [-0.05, 0) is 12.1 Å². The molecule has 1 amide bonds. The minimum Gasteiger partial charge on any atom is -0.360 e. The molecule has 1 atom stereocenters. The molecule has 0 fully saturated rings. The highest BCUT2D eigenvalue weighted by Gasteiger charge is 2.10. The Morgan fingerprint density at radius 2 is 2.13 bits per heavy atom. The SMILES string of the molecule is CN(C)C(=O)c1ccc(-c2csc(NCC(C#N)C=O)n2)cc1. The third-order valence-corrected chi connectivity index (χ3v) is 3.94. The Bertz CT molecular complexity index is 731. The van der Waals surface area contributed by atoms with Crippen LogP contribution in [0.5, 0.6) is 0 Å². The second kappa shape index (κ2) is 7.51. The quantitative estimate of drug-likeness (QED) is 0.822. The molecule has 1 unspecified atom stereocenters. The van der Waals surface area contributed by atoms with Gasteiger partial charge >= 0.3 is 0 Å². The summed E-state index contributed by atoms with van der Waals surface area (Å²) in [7, 11) is 3.42. The summed E-state index contributed by atoms with van der Waals surface area (Å²) in [6.07, 6.45) is 0.613. The van der Waals surface area contributed by atoms with Gasteiger partial charge in [-0.15, -0.1) is 11.3 Å². The average molecular weight is 328 g/mol. The van der Waals surface area contributed by atoms with Crippen molar-refractivity contribution < 1.29 is 9.59 Å². The van der Waals surface area contributed by atoms with E-state index in [-0.39, 0.29) is 12.5 Å². The van der Waals surface area contributed by atoms with Crippen molar-refractivity contribution in [3.05, 3.63) is 35.2 Å². The molecule has 0 radical (unpaired) electrons. The standard InChI is InChI=1S/C16H16N4O2S/c1-20(2)15(22)13-5-3-12(4-6-13)14-10-23-16(19-14)18-8-11(7-17)9-21/h3-6,9-11H,8H2,1-2H3,(H,18,19). The van der Waals surface area contributed by atoms with E-state index in [9.17, 15) is 9.59 Å². The Morgan fingerprint density at radius 1 is 1.43 bits per heavy atom. The second-order valence-corrected chi connectivity index (χ2v) is 5.93. The number of nitrogens with zero attached hydrogens (tertiary/aromatic N) is 3. The third-order valence-electron chi connectivity index (χ3n) is 3.14. The van der Waals surface area contributed by atoms with Crippen LogP contribution in [0.4, 0.5) is 5.13 Å². The number of nitrogens with one attached hydrogen (secondary N) is 1. The molecule has 7 heteroatoms. The second-order valence-electron chi connectivity index (χ2n) is 5.07. The van der Waals surface area contributed by atoms with Crippen LogP contribution in [0.15, 0.2) is 29.6 Å². The summed E-state index contributed by atoms with van der Waals surface area (Å²) in [5, 5.41) is 14.2. The van der Waals surface area contributed by atoms with Crippen molar-refractivity contribution in [2.75, 3.05) is 26.0 Å². The third kappa shape index (κ3) is 4.14. The maximum absolute atomic E-state index is 11.8. The molecule has 2 rings (SSSR count). The number of carbonyl (C=O) groups excluding carboxylic acids is 2. The fourth-order valence-corrected chi connectivity index (χ4v) is 2.58. The zero-order valence-corrected chi connectivity index (χ0v) is 13.6. The van der Waals surface area contributed by atoms with Crippen molar-refractivity contribution in [2.24, 2.45) is 5.92 Å². The first-order chi connectivity index (χ1) is 11.0. The molecular weight excluding hydrogens is 312 g/mol. The highest BCUT2D eigenvalue weighted by atomic mass is 32.1. The van der Waals surface area contributed by atoms with E-state index >= 15 is 0 Å². The highest BCUT2D eigenvalue weighted by Crippen LogP contribution is 2.25. The average Bonchev–Trinajstić information content (AvgIpc) is 3.04. The summed E-state index contributed by atoms with van der Waals surface area (Å²) in [5.74, 6) is -0.729. The Hall–Kier alpha value is -2.72. The zero-order valence-electron chi connectivity index (χ0n) is 12.8. The summed E-state index contributed by atoms with van der Waals surface area (Å²) >= 11 is 1.40. The lowest BCUT2D eigenvalue weighted by Crippen LogP contribution is -2.21. The lowest BCUT2D eigenvalue weighted by atomic mass is 10.1. The molecule has 0 saturated heterocycles. The predicted molar refractivity (Wildman–Crippen MR) is 89.2 cm³/mol. The molecule has 0 aliphatic carbocycles. The van der Waals surface area contributed by atoms with Gasteiger partial charge in [-0.3, -0.25) is 4.79 Å². The van der Waals surface area contributed by atoms with Gasteiger partial charge in [0.1, 0.15) is 12.2 Å². The number of benzene rings is 1. The summed E-state index contributed by atoms with van der Waals surface area (Å²) in [4.78, 5) is 28.4. The summed E-state index contributed by atoms with van der Waals surface area (Å²) < 4.78 is 0. The van der Waals surface area contributed by atoms with Crippen molar-refractivity contribution in [2.45, 2.75) is 0 Å². The Labute approximate surface area is 138 Å². The van der Waals surface area contributed by atoms with Crippen molar-refractivity contribution in [1.82, 2.24) is 9.88 Å². The summed E-state index contributed by atoms with van der Waals surface area (Å²) in [6.45, 7) is 0.239. The van der Waals surface area contributed by atoms with Crippen molar-refractivity contribution in [1.29, 1.82) is 5.26 Å². The number of aromatic nitrogens is 1. The first-order valence-electron chi connectivity index (χ1n) is 6.91. The normalized spacial score (nSPS) is 11.3. The first-order valence-corrected chi connectivity index (χ1v) is 7.79. The molecule has 0 bridgehead atoms. The van der Waals surface area contributed by atoms with Gasteiger partial charge in [0.2, 0.25) is 0 Å². The van der Waals surface area contributed by atoms with Gasteiger partial charge in [0.25, 0.3) is 5.91 Å². The number of aldehydes is 1. The number of hydrogen-bond acceptors (Lipinski definition) is 6. The molecule has 0 spiro atoms. The van der Waals surface area contributed by atoms with Crippen LogP contribution >= 0.6 is 11.3 Å². The van der Waals surface area contributed by atoms with Crippen molar-refractivity contribution in [3.8, 4) is 17.3 Å². The van der Waals surface area contributed by atoms with Crippen LogP contribution in [0.1, 0.15) is 10.4 Å². The van der Waals surface area contributed by atoms with E-state index in [1.54, 1.807) is 26.2 Å². The monoisotopic (exact) mass is 328 g/mol. The fraction of sp³-hybridized carbons (Fsp3) is 0.250. The zero-order chi connectivity index (χ0) is 16.8.